The van der Waals surface area contributed by atoms with Gasteiger partial charge in [0.1, 0.15) is 9.56 Å². The summed E-state index contributed by atoms with van der Waals surface area (Å²) in [5, 5.41) is 21.2. The molecule has 0 saturated heterocycles. The number of nitrogens with zero attached hydrogens (tertiary/aromatic N) is 8. The highest BCUT2D eigenvalue weighted by Gasteiger charge is 2.11. The van der Waals surface area contributed by atoms with Crippen LogP contribution >= 0.6 is 11.5 Å². The first-order valence-electron chi connectivity index (χ1n) is 10.6. The van der Waals surface area contributed by atoms with Crippen LogP contribution in [0.2, 0.25) is 0 Å². The molecule has 0 radical (unpaired) electrons. The molecule has 14 heteroatoms. The number of rotatable bonds is 7. The number of nitrogens with one attached hydrogen (secondary N) is 2. The van der Waals surface area contributed by atoms with E-state index in [9.17, 15) is 14.9 Å². The molecule has 0 aliphatic carbocycles. The minimum atomic E-state index is -0.479. The van der Waals surface area contributed by atoms with Gasteiger partial charge < -0.3 is 15.1 Å². The van der Waals surface area contributed by atoms with Crippen LogP contribution in [0.3, 0.4) is 0 Å². The number of hydrogen-bond acceptors (Lipinski definition) is 11. The zero-order valence-electron chi connectivity index (χ0n) is 19.9. The molecule has 2 heterocycles. The normalized spacial score (nSPS) is 12.0. The van der Waals surface area contributed by atoms with Crippen LogP contribution in [-0.2, 0) is 0 Å². The molecule has 4 aromatic rings. The van der Waals surface area contributed by atoms with Crippen molar-refractivity contribution < 1.29 is 8.79 Å². The van der Waals surface area contributed by atoms with Gasteiger partial charge in [-0.15, -0.1) is 0 Å². The number of aromatic amines is 1. The van der Waals surface area contributed by atoms with Crippen molar-refractivity contribution in [3.8, 4) is 0 Å². The molecular formula is C22H23N10O3S+. The molecule has 184 valence electrons. The van der Waals surface area contributed by atoms with E-state index < -0.39 is 4.92 Å². The van der Waals surface area contributed by atoms with Crippen molar-refractivity contribution in [3.05, 3.63) is 79.1 Å². The summed E-state index contributed by atoms with van der Waals surface area (Å²) >= 11 is 1.08. The van der Waals surface area contributed by atoms with Crippen LogP contribution in [0.4, 0.5) is 34.9 Å². The van der Waals surface area contributed by atoms with Crippen molar-refractivity contribution in [1.29, 1.82) is 0 Å². The zero-order chi connectivity index (χ0) is 25.8. The molecule has 4 rings (SSSR count). The molecule has 0 bridgehead atoms. The second kappa shape index (κ2) is 10.3. The van der Waals surface area contributed by atoms with Gasteiger partial charge in [-0.3, -0.25) is 14.9 Å². The quantitative estimate of drug-likeness (QED) is 0.217. The Morgan fingerprint density at radius 3 is 2.33 bits per heavy atom. The van der Waals surface area contributed by atoms with E-state index >= 15 is 0 Å². The number of nitro groups is 1. The van der Waals surface area contributed by atoms with Crippen molar-refractivity contribution in [2.75, 3.05) is 43.3 Å². The first-order chi connectivity index (χ1) is 17.2. The molecule has 2 aromatic heterocycles. The Morgan fingerprint density at radius 2 is 1.72 bits per heavy atom. The Hall–Kier alpha value is -4.72. The van der Waals surface area contributed by atoms with Gasteiger partial charge in [-0.05, 0) is 35.9 Å². The molecule has 0 unspecified atom stereocenters. The summed E-state index contributed by atoms with van der Waals surface area (Å²) < 4.78 is 1.70. The van der Waals surface area contributed by atoms with Gasteiger partial charge in [0, 0.05) is 51.1 Å². The van der Waals surface area contributed by atoms with Crippen molar-refractivity contribution in [3.63, 3.8) is 0 Å². The lowest BCUT2D eigenvalue weighted by atomic mass is 10.2. The maximum Gasteiger partial charge on any atom is 0.325 e. The standard InChI is InChI=1S/C22H22N10O3S/c1-29(2)21-24-20(25-22(26-21)30(3)4)23-15-8-10-16(11-9-15)27-32-28-19(33)18(36-32)13-14-6-5-7-17(12-14)31(34)35/h5-13H,1-4H3,(H,28,33)/p+1/b18-13-. The summed E-state index contributed by atoms with van der Waals surface area (Å²) in [6, 6.07) is 13.2. The fourth-order valence-corrected chi connectivity index (χ4v) is 3.74. The van der Waals surface area contributed by atoms with E-state index in [2.05, 4.69) is 30.5 Å². The van der Waals surface area contributed by atoms with Gasteiger partial charge in [0.25, 0.3) is 5.69 Å². The Bertz CT molecular complexity index is 1550. The third-order valence-electron chi connectivity index (χ3n) is 4.73. The summed E-state index contributed by atoms with van der Waals surface area (Å²) in [6.45, 7) is 0. The Balaban J connectivity index is 1.57. The fourth-order valence-electron chi connectivity index (χ4n) is 2.97. The van der Waals surface area contributed by atoms with Crippen LogP contribution < -0.4 is 29.1 Å². The molecule has 13 nitrogen and oxygen atoms in total. The molecule has 0 aliphatic heterocycles. The summed E-state index contributed by atoms with van der Waals surface area (Å²) in [6.07, 6.45) is 1.58. The van der Waals surface area contributed by atoms with E-state index in [0.29, 0.717) is 33.6 Å². The van der Waals surface area contributed by atoms with Crippen LogP contribution in [0, 0.1) is 10.1 Å². The molecule has 2 aromatic carbocycles. The summed E-state index contributed by atoms with van der Waals surface area (Å²) in [5.41, 5.74) is 1.50. The third kappa shape index (κ3) is 5.85. The van der Waals surface area contributed by atoms with E-state index in [0.717, 1.165) is 17.2 Å². The van der Waals surface area contributed by atoms with Gasteiger partial charge in [0.15, 0.2) is 4.53 Å². The largest absolute Gasteiger partial charge is 0.347 e. The van der Waals surface area contributed by atoms with E-state index in [1.54, 1.807) is 40.1 Å². The highest BCUT2D eigenvalue weighted by atomic mass is 32.1. The highest BCUT2D eigenvalue weighted by molar-refractivity contribution is 6.99. The van der Waals surface area contributed by atoms with Gasteiger partial charge in [-0.25, -0.2) is 0 Å². The first kappa shape index (κ1) is 24.4. The second-order valence-corrected chi connectivity index (χ2v) is 8.95. The molecular weight excluding hydrogens is 484 g/mol. The van der Waals surface area contributed by atoms with Crippen LogP contribution in [-0.4, -0.2) is 53.2 Å². The lowest BCUT2D eigenvalue weighted by Gasteiger charge is -2.16. The molecule has 2 N–H and O–H groups in total. The average Bonchev–Trinajstić information content (AvgIpc) is 3.18. The second-order valence-electron chi connectivity index (χ2n) is 7.99. The van der Waals surface area contributed by atoms with Gasteiger partial charge in [0.05, 0.1) is 4.92 Å². The third-order valence-corrected chi connectivity index (χ3v) is 5.57. The van der Waals surface area contributed by atoms with Crippen LogP contribution in [0.25, 0.3) is 6.08 Å². The predicted octanol–water partition coefficient (Wildman–Crippen LogP) is 1.88. The summed E-state index contributed by atoms with van der Waals surface area (Å²) in [4.78, 5) is 39.7. The molecule has 0 fully saturated rings. The Labute approximate surface area is 209 Å². The van der Waals surface area contributed by atoms with Crippen LogP contribution in [0.5, 0.6) is 0 Å². The number of H-pyrrole nitrogens is 1. The summed E-state index contributed by atoms with van der Waals surface area (Å²) in [7, 11) is 7.42. The molecule has 36 heavy (non-hydrogen) atoms. The average molecular weight is 508 g/mol. The zero-order valence-corrected chi connectivity index (χ0v) is 20.7. The molecule has 0 amide bonds. The lowest BCUT2D eigenvalue weighted by molar-refractivity contribution is -0.537. The number of benzene rings is 2. The predicted molar refractivity (Wildman–Crippen MR) is 137 cm³/mol. The molecule has 0 aliphatic rings. The van der Waals surface area contributed by atoms with E-state index in [-0.39, 0.29) is 11.2 Å². The Kier molecular flexibility index (Phi) is 6.96. The lowest BCUT2D eigenvalue weighted by Crippen LogP contribution is -2.22. The fraction of sp³-hybridized carbons (Fsp3) is 0.182. The topological polar surface area (TPSA) is 151 Å². The van der Waals surface area contributed by atoms with Crippen LogP contribution in [0.1, 0.15) is 5.56 Å². The van der Waals surface area contributed by atoms with Crippen LogP contribution in [0.15, 0.2) is 58.4 Å². The summed E-state index contributed by atoms with van der Waals surface area (Å²) in [5.74, 6) is 1.46. The van der Waals surface area contributed by atoms with Crippen molar-refractivity contribution in [2.24, 2.45) is 5.11 Å². The van der Waals surface area contributed by atoms with Gasteiger partial charge in [-0.1, -0.05) is 17.2 Å². The van der Waals surface area contributed by atoms with Crippen molar-refractivity contribution >= 4 is 52.5 Å². The smallest absolute Gasteiger partial charge is 0.325 e. The number of nitro benzene ring substituents is 1. The maximum atomic E-state index is 12.3. The van der Waals surface area contributed by atoms with E-state index in [4.69, 9.17) is 0 Å². The molecule has 0 atom stereocenters. The maximum absolute atomic E-state index is 12.3. The number of aromatic nitrogens is 5. The number of anilines is 4. The van der Waals surface area contributed by atoms with Gasteiger partial charge in [-0.2, -0.15) is 15.0 Å². The minimum absolute atomic E-state index is 0.0453. The van der Waals surface area contributed by atoms with E-state index in [1.807, 2.05) is 40.3 Å². The number of non-ortho nitro benzene ring substituents is 1. The highest BCUT2D eigenvalue weighted by Crippen LogP contribution is 2.20. The van der Waals surface area contributed by atoms with Gasteiger partial charge >= 0.3 is 5.56 Å². The molecule has 0 spiro atoms. The van der Waals surface area contributed by atoms with Crippen molar-refractivity contribution in [1.82, 2.24) is 20.1 Å². The first-order valence-corrected chi connectivity index (χ1v) is 11.4. The van der Waals surface area contributed by atoms with Gasteiger partial charge in [0.2, 0.25) is 29.4 Å². The molecule has 0 saturated carbocycles. The minimum Gasteiger partial charge on any atom is -0.347 e. The SMILES string of the molecule is CN(C)c1nc(Nc2ccc(N=[n+]3[nH]c(=O)/c(=C/c4cccc([N+](=O)[O-])c4)s3)cc2)nc(N(C)C)n1. The monoisotopic (exact) mass is 507 g/mol. The Morgan fingerprint density at radius 1 is 1.06 bits per heavy atom. The van der Waals surface area contributed by atoms with Crippen molar-refractivity contribution in [2.45, 2.75) is 0 Å². The number of hydrogen-bond donors (Lipinski definition) is 2. The van der Waals surface area contributed by atoms with E-state index in [1.165, 1.54) is 16.0 Å².